The average Bonchev–Trinajstić information content (AvgIpc) is 3.17. The van der Waals surface area contributed by atoms with E-state index in [1.54, 1.807) is 19.1 Å². The molecule has 2 heterocycles. The number of ether oxygens (including phenoxy) is 2. The number of aliphatic hydroxyl groups is 1. The molecule has 1 unspecified atom stereocenters. The molecule has 0 aliphatic rings. The Bertz CT molecular complexity index is 1300. The van der Waals surface area contributed by atoms with Crippen molar-refractivity contribution in [3.8, 4) is 39.1 Å². The minimum atomic E-state index is -1.58. The van der Waals surface area contributed by atoms with E-state index in [0.29, 0.717) is 36.1 Å². The quantitative estimate of drug-likeness (QED) is 0.293. The zero-order valence-electron chi connectivity index (χ0n) is 19.9. The minimum absolute atomic E-state index is 0.224. The lowest BCUT2D eigenvalue weighted by atomic mass is 9.96. The summed E-state index contributed by atoms with van der Waals surface area (Å²) in [5.74, 6) is 1.01. The van der Waals surface area contributed by atoms with Crippen LogP contribution in [0.5, 0.6) is 17.5 Å². The molecule has 2 atom stereocenters. The second-order valence-electron chi connectivity index (χ2n) is 8.38. The van der Waals surface area contributed by atoms with Crippen LogP contribution in [0.15, 0.2) is 60.7 Å². The van der Waals surface area contributed by atoms with Gasteiger partial charge in [0.15, 0.2) is 0 Å². The predicted octanol–water partition coefficient (Wildman–Crippen LogP) is 5.59. The molecule has 7 nitrogen and oxygen atoms in total. The minimum Gasteiger partial charge on any atom is -0.568 e. The van der Waals surface area contributed by atoms with Gasteiger partial charge in [-0.05, 0) is 67.8 Å². The maximum Gasteiger partial charge on any atom is 0.270 e. The third-order valence-corrected chi connectivity index (χ3v) is 6.82. The highest BCUT2D eigenvalue weighted by molar-refractivity contribution is 7.23. The van der Waals surface area contributed by atoms with E-state index >= 15 is 0 Å². The molecule has 8 heteroatoms. The summed E-state index contributed by atoms with van der Waals surface area (Å²) < 4.78 is 27.2. The normalized spacial score (nSPS) is 12.4. The first-order chi connectivity index (χ1) is 16.8. The van der Waals surface area contributed by atoms with Gasteiger partial charge in [0.25, 0.3) is 5.88 Å². The molecular formula is C27H28N2O5S. The monoisotopic (exact) mass is 492 g/mol. The number of nitrogens with zero attached hydrogens (tertiary/aromatic N) is 2. The Morgan fingerprint density at radius 2 is 1.77 bits per heavy atom. The fourth-order valence-corrected chi connectivity index (χ4v) is 4.62. The Morgan fingerprint density at radius 1 is 1.00 bits per heavy atom. The van der Waals surface area contributed by atoms with Crippen molar-refractivity contribution in [1.29, 1.82) is 0 Å². The van der Waals surface area contributed by atoms with Crippen LogP contribution in [0, 0.1) is 13.8 Å². The van der Waals surface area contributed by atoms with Gasteiger partial charge < -0.3 is 24.2 Å². The summed E-state index contributed by atoms with van der Waals surface area (Å²) in [6, 6.07) is 18.6. The first-order valence-corrected chi connectivity index (χ1v) is 12.4. The van der Waals surface area contributed by atoms with Crippen molar-refractivity contribution < 1.29 is 24.2 Å². The summed E-state index contributed by atoms with van der Waals surface area (Å²) in [7, 11) is -1.58. The molecule has 0 saturated carbocycles. The number of aliphatic hydroxyl groups excluding tert-OH is 1. The summed E-state index contributed by atoms with van der Waals surface area (Å²) in [6.45, 7) is 6.57. The fraction of sp³-hybridized carbons (Fsp3) is 0.259. The number of hydrogen-bond donors (Lipinski definition) is 2. The molecule has 0 saturated heterocycles. The van der Waals surface area contributed by atoms with Gasteiger partial charge in [-0.3, -0.25) is 0 Å². The first kappa shape index (κ1) is 24.7. The molecule has 2 N–H and O–H groups in total. The van der Waals surface area contributed by atoms with E-state index in [4.69, 9.17) is 9.47 Å². The van der Waals surface area contributed by atoms with Crippen LogP contribution in [0.2, 0.25) is 0 Å². The van der Waals surface area contributed by atoms with Crippen molar-refractivity contribution in [3.63, 3.8) is 0 Å². The van der Waals surface area contributed by atoms with Gasteiger partial charge in [0.2, 0.25) is 10.8 Å². The first-order valence-electron chi connectivity index (χ1n) is 11.3. The van der Waals surface area contributed by atoms with Gasteiger partial charge in [-0.1, -0.05) is 18.2 Å². The van der Waals surface area contributed by atoms with E-state index < -0.39 is 17.1 Å². The fourth-order valence-electron chi connectivity index (χ4n) is 3.76. The van der Waals surface area contributed by atoms with Crippen LogP contribution in [0.25, 0.3) is 21.6 Å². The van der Waals surface area contributed by atoms with Gasteiger partial charge in [0, 0.05) is 33.7 Å². The molecule has 4 rings (SSSR count). The third-order valence-electron chi connectivity index (χ3n) is 5.74. The Kier molecular flexibility index (Phi) is 7.65. The number of benzene rings is 2. The Balaban J connectivity index is 1.45. The highest BCUT2D eigenvalue weighted by Gasteiger charge is 2.15. The molecule has 0 aliphatic heterocycles. The largest absolute Gasteiger partial charge is 0.568 e. The topological polar surface area (TPSA) is 108 Å². The summed E-state index contributed by atoms with van der Waals surface area (Å²) >= 11 is 0. The van der Waals surface area contributed by atoms with Crippen molar-refractivity contribution in [2.75, 3.05) is 6.61 Å². The molecule has 0 radical (unpaired) electrons. The van der Waals surface area contributed by atoms with Gasteiger partial charge in [-0.2, -0.15) is 0 Å². The second-order valence-corrected chi connectivity index (χ2v) is 9.50. The van der Waals surface area contributed by atoms with Crippen LogP contribution in [0.4, 0.5) is 0 Å². The molecule has 2 aromatic heterocycles. The van der Waals surface area contributed by atoms with Gasteiger partial charge in [-0.25, -0.2) is 4.98 Å². The summed E-state index contributed by atoms with van der Waals surface area (Å²) in [5.41, 5.74) is 5.86. The van der Waals surface area contributed by atoms with Gasteiger partial charge in [0.05, 0.1) is 29.7 Å². The average molecular weight is 493 g/mol. The molecule has 0 amide bonds. The van der Waals surface area contributed by atoms with Crippen LogP contribution in [0.1, 0.15) is 30.2 Å². The number of aromatic nitrogens is 2. The summed E-state index contributed by atoms with van der Waals surface area (Å²) in [4.78, 5) is 5.05. The molecular weight excluding hydrogens is 464 g/mol. The second kappa shape index (κ2) is 10.9. The summed E-state index contributed by atoms with van der Waals surface area (Å²) in [5, 5.41) is 18.8. The highest BCUT2D eigenvalue weighted by Crippen LogP contribution is 2.34. The van der Waals surface area contributed by atoms with Gasteiger partial charge in [0.1, 0.15) is 12.4 Å². The highest BCUT2D eigenvalue weighted by atomic mass is 32.2. The van der Waals surface area contributed by atoms with Crippen molar-refractivity contribution in [1.82, 2.24) is 9.36 Å². The van der Waals surface area contributed by atoms with E-state index in [9.17, 15) is 14.8 Å². The Morgan fingerprint density at radius 3 is 2.43 bits per heavy atom. The van der Waals surface area contributed by atoms with Crippen molar-refractivity contribution in [2.24, 2.45) is 0 Å². The Hall–Kier alpha value is -3.46. The molecule has 4 aromatic rings. The lowest BCUT2D eigenvalue weighted by Gasteiger charge is -2.15. The molecule has 35 heavy (non-hydrogen) atoms. The lowest BCUT2D eigenvalue weighted by Crippen LogP contribution is -2.08. The van der Waals surface area contributed by atoms with Gasteiger partial charge in [-0.15, -0.1) is 0 Å². The number of hydrogen-bond acceptors (Lipinski definition) is 7. The SMILES string of the molecule is Cc1nc(OCC[C@@H](C)O)ccc1-c1cccc(COc2ccc(-c3cc(O)n[s+]3[O-])cc2)c1C. The van der Waals surface area contributed by atoms with E-state index in [0.717, 1.165) is 33.5 Å². The molecule has 0 fully saturated rings. The summed E-state index contributed by atoms with van der Waals surface area (Å²) in [6.07, 6.45) is 0.155. The molecule has 0 aliphatic carbocycles. The van der Waals surface area contributed by atoms with E-state index in [1.165, 1.54) is 6.07 Å². The third kappa shape index (κ3) is 5.97. The zero-order chi connectivity index (χ0) is 24.9. The molecule has 0 spiro atoms. The standard InChI is InChI=1S/C27H28N2O5S/c1-17(30)13-14-33-27-12-11-24(19(3)28-27)23-6-4-5-21(18(23)2)16-34-22-9-7-20(8-10-22)25-15-26(31)29-35(25)32/h4-12,15,17,30H,13-14,16H2,1-3H3,(H,29,31)/t17-,35?/m1/s1. The molecule has 0 bridgehead atoms. The lowest BCUT2D eigenvalue weighted by molar-refractivity contribution is 0.154. The number of aryl methyl sites for hydroxylation is 1. The number of pyridine rings is 1. The predicted molar refractivity (Wildman–Crippen MR) is 135 cm³/mol. The van der Waals surface area contributed by atoms with Gasteiger partial charge >= 0.3 is 0 Å². The van der Waals surface area contributed by atoms with Crippen molar-refractivity contribution in [2.45, 2.75) is 39.9 Å². The van der Waals surface area contributed by atoms with E-state index in [1.807, 2.05) is 43.3 Å². The smallest absolute Gasteiger partial charge is 0.270 e. The van der Waals surface area contributed by atoms with Crippen LogP contribution in [-0.4, -0.2) is 36.8 Å². The molecule has 2 aromatic carbocycles. The van der Waals surface area contributed by atoms with E-state index in [2.05, 4.69) is 22.3 Å². The van der Waals surface area contributed by atoms with E-state index in [-0.39, 0.29) is 5.88 Å². The van der Waals surface area contributed by atoms with Crippen molar-refractivity contribution in [3.05, 3.63) is 77.5 Å². The maximum atomic E-state index is 11.9. The number of rotatable bonds is 9. The van der Waals surface area contributed by atoms with Crippen LogP contribution >= 0.6 is 10.9 Å². The van der Waals surface area contributed by atoms with Crippen LogP contribution in [-0.2, 0) is 6.61 Å². The zero-order valence-corrected chi connectivity index (χ0v) is 20.7. The Labute approximate surface area is 207 Å². The molecule has 182 valence electrons. The number of aromatic hydroxyl groups is 1. The van der Waals surface area contributed by atoms with Crippen LogP contribution < -0.4 is 9.47 Å². The maximum absolute atomic E-state index is 11.9. The van der Waals surface area contributed by atoms with Crippen LogP contribution in [0.3, 0.4) is 0 Å². The van der Waals surface area contributed by atoms with Crippen molar-refractivity contribution >= 4 is 10.9 Å².